The molecule has 0 aromatic rings. The maximum absolute atomic E-state index is 12.9. The third-order valence-corrected chi connectivity index (χ3v) is 10.2. The molecular weight excluding hydrogens is 388 g/mol. The molecule has 1 saturated heterocycles. The molecule has 2 aliphatic carbocycles. The van der Waals surface area contributed by atoms with Gasteiger partial charge in [-0.1, -0.05) is 25.2 Å². The fourth-order valence-electron chi connectivity index (χ4n) is 4.94. The van der Waals surface area contributed by atoms with Crippen LogP contribution in [0.25, 0.3) is 0 Å². The molecule has 2 fully saturated rings. The van der Waals surface area contributed by atoms with Crippen molar-refractivity contribution in [1.82, 2.24) is 0 Å². The van der Waals surface area contributed by atoms with Gasteiger partial charge in [-0.3, -0.25) is 9.59 Å². The molecule has 0 amide bonds. The minimum atomic E-state index is -0.268. The molecule has 1 aliphatic heterocycles. The SMILES string of the molecule is C=C(C)[C@H]1CC(=O)[C@@H](C)[C@H](C2(C(OC(C)=O)C3=CCCCC3)SCCCS2)C1. The maximum Gasteiger partial charge on any atom is 0.303 e. The Morgan fingerprint density at radius 2 is 1.96 bits per heavy atom. The smallest absolute Gasteiger partial charge is 0.303 e. The number of rotatable bonds is 5. The summed E-state index contributed by atoms with van der Waals surface area (Å²) in [4.78, 5) is 25.1. The van der Waals surface area contributed by atoms with Crippen LogP contribution in [-0.4, -0.2) is 33.4 Å². The highest BCUT2D eigenvalue weighted by atomic mass is 32.2. The summed E-state index contributed by atoms with van der Waals surface area (Å²) < 4.78 is 5.82. The van der Waals surface area contributed by atoms with Crippen molar-refractivity contribution in [2.75, 3.05) is 11.5 Å². The summed E-state index contributed by atoms with van der Waals surface area (Å²) in [5.41, 5.74) is 2.38. The number of allylic oxidation sites excluding steroid dienone is 2. The average Bonchev–Trinajstić information content (AvgIpc) is 2.69. The Morgan fingerprint density at radius 1 is 1.25 bits per heavy atom. The molecule has 0 radical (unpaired) electrons. The van der Waals surface area contributed by atoms with Gasteiger partial charge in [-0.2, -0.15) is 0 Å². The predicted molar refractivity (Wildman–Crippen MR) is 120 cm³/mol. The van der Waals surface area contributed by atoms with Crippen LogP contribution < -0.4 is 0 Å². The Bertz CT molecular complexity index is 648. The summed E-state index contributed by atoms with van der Waals surface area (Å²) in [6.07, 6.45) is 9.24. The van der Waals surface area contributed by atoms with Gasteiger partial charge in [-0.25, -0.2) is 0 Å². The third kappa shape index (κ3) is 4.56. The van der Waals surface area contributed by atoms with Gasteiger partial charge in [0, 0.05) is 19.3 Å². The topological polar surface area (TPSA) is 43.4 Å². The van der Waals surface area contributed by atoms with Crippen LogP contribution in [0.1, 0.15) is 65.7 Å². The van der Waals surface area contributed by atoms with Crippen molar-refractivity contribution in [2.45, 2.75) is 75.9 Å². The lowest BCUT2D eigenvalue weighted by atomic mass is 9.69. The third-order valence-electron chi connectivity index (χ3n) is 6.57. The van der Waals surface area contributed by atoms with Crippen LogP contribution in [0.3, 0.4) is 0 Å². The molecule has 3 aliphatic rings. The number of ketones is 1. The van der Waals surface area contributed by atoms with Gasteiger partial charge in [0.25, 0.3) is 0 Å². The van der Waals surface area contributed by atoms with Crippen LogP contribution in [0.2, 0.25) is 0 Å². The van der Waals surface area contributed by atoms with Crippen molar-refractivity contribution in [3.05, 3.63) is 23.8 Å². The minimum absolute atomic E-state index is 0.00375. The first kappa shape index (κ1) is 22.0. The Hall–Kier alpha value is -0.680. The molecule has 4 atom stereocenters. The summed E-state index contributed by atoms with van der Waals surface area (Å²) in [6, 6.07) is 0. The van der Waals surface area contributed by atoms with E-state index in [0.717, 1.165) is 42.8 Å². The van der Waals surface area contributed by atoms with Gasteiger partial charge in [0.05, 0.1) is 0 Å². The Labute approximate surface area is 178 Å². The highest BCUT2D eigenvalue weighted by molar-refractivity contribution is 8.18. The van der Waals surface area contributed by atoms with Crippen molar-refractivity contribution >= 4 is 35.3 Å². The number of hydrogen-bond donors (Lipinski definition) is 0. The molecule has 156 valence electrons. The van der Waals surface area contributed by atoms with Gasteiger partial charge in [0.15, 0.2) is 0 Å². The van der Waals surface area contributed by atoms with E-state index in [0.29, 0.717) is 12.2 Å². The number of carbonyl (C=O) groups is 2. The zero-order chi connectivity index (χ0) is 20.3. The molecule has 1 unspecified atom stereocenters. The van der Waals surface area contributed by atoms with Crippen LogP contribution >= 0.6 is 23.5 Å². The molecule has 3 rings (SSSR count). The average molecular weight is 423 g/mol. The second-order valence-electron chi connectivity index (χ2n) is 8.63. The van der Waals surface area contributed by atoms with E-state index in [4.69, 9.17) is 4.74 Å². The van der Waals surface area contributed by atoms with E-state index in [1.807, 2.05) is 30.4 Å². The van der Waals surface area contributed by atoms with E-state index in [1.165, 1.54) is 25.3 Å². The molecule has 28 heavy (non-hydrogen) atoms. The van der Waals surface area contributed by atoms with E-state index >= 15 is 0 Å². The maximum atomic E-state index is 12.9. The summed E-state index contributed by atoms with van der Waals surface area (Å²) in [5, 5.41) is 0. The van der Waals surface area contributed by atoms with Crippen LogP contribution in [-0.2, 0) is 14.3 Å². The first-order chi connectivity index (χ1) is 13.3. The number of carbonyl (C=O) groups excluding carboxylic acids is 2. The standard InChI is InChI=1S/C23H34O3S2/c1-15(2)19-13-20(16(3)21(25)14-19)23(27-11-8-12-28-23)22(26-17(4)24)18-9-6-5-7-10-18/h9,16,19-20,22H,1,5-8,10-14H2,2-4H3/t16-,19+,20+,22?/m0/s1. The number of Topliss-reactive ketones (excluding diaryl/α,β-unsaturated/α-hetero) is 1. The highest BCUT2D eigenvalue weighted by Crippen LogP contribution is 2.58. The van der Waals surface area contributed by atoms with Gasteiger partial charge in [-0.05, 0) is 74.4 Å². The van der Waals surface area contributed by atoms with Crippen molar-refractivity contribution in [3.63, 3.8) is 0 Å². The molecule has 0 aromatic carbocycles. The molecule has 0 aromatic heterocycles. The van der Waals surface area contributed by atoms with Gasteiger partial charge in [-0.15, -0.1) is 23.5 Å². The quantitative estimate of drug-likeness (QED) is 0.414. The van der Waals surface area contributed by atoms with E-state index in [-0.39, 0.29) is 33.9 Å². The minimum Gasteiger partial charge on any atom is -0.456 e. The molecule has 1 saturated carbocycles. The molecule has 0 spiro atoms. The molecular formula is C23H34O3S2. The molecule has 5 heteroatoms. The van der Waals surface area contributed by atoms with Crippen LogP contribution in [0, 0.1) is 17.8 Å². The normalized spacial score (nSPS) is 31.6. The highest BCUT2D eigenvalue weighted by Gasteiger charge is 2.55. The summed E-state index contributed by atoms with van der Waals surface area (Å²) in [6.45, 7) is 9.83. The first-order valence-electron chi connectivity index (χ1n) is 10.7. The number of hydrogen-bond acceptors (Lipinski definition) is 5. The zero-order valence-corrected chi connectivity index (χ0v) is 19.1. The predicted octanol–water partition coefficient (Wildman–Crippen LogP) is 5.79. The van der Waals surface area contributed by atoms with Gasteiger partial charge < -0.3 is 4.74 Å². The monoisotopic (exact) mass is 422 g/mol. The molecule has 0 N–H and O–H groups in total. The lowest BCUT2D eigenvalue weighted by Gasteiger charge is -2.51. The Balaban J connectivity index is 2.03. The van der Waals surface area contributed by atoms with E-state index in [9.17, 15) is 9.59 Å². The second kappa shape index (κ2) is 9.42. The van der Waals surface area contributed by atoms with Crippen molar-refractivity contribution in [2.24, 2.45) is 17.8 Å². The second-order valence-corrected chi connectivity index (χ2v) is 11.6. The lowest BCUT2D eigenvalue weighted by molar-refractivity contribution is -0.146. The van der Waals surface area contributed by atoms with E-state index in [1.54, 1.807) is 0 Å². The summed E-state index contributed by atoms with van der Waals surface area (Å²) in [7, 11) is 0. The van der Waals surface area contributed by atoms with Crippen molar-refractivity contribution in [1.29, 1.82) is 0 Å². The van der Waals surface area contributed by atoms with Crippen LogP contribution in [0.15, 0.2) is 23.8 Å². The van der Waals surface area contributed by atoms with Gasteiger partial charge in [0.2, 0.25) is 0 Å². The van der Waals surface area contributed by atoms with Crippen molar-refractivity contribution < 1.29 is 14.3 Å². The molecule has 1 heterocycles. The van der Waals surface area contributed by atoms with Crippen LogP contribution in [0.4, 0.5) is 0 Å². The van der Waals surface area contributed by atoms with Gasteiger partial charge in [0.1, 0.15) is 16.0 Å². The lowest BCUT2D eigenvalue weighted by Crippen LogP contribution is -2.53. The van der Waals surface area contributed by atoms with Crippen molar-refractivity contribution in [3.8, 4) is 0 Å². The van der Waals surface area contributed by atoms with Gasteiger partial charge >= 0.3 is 5.97 Å². The Morgan fingerprint density at radius 3 is 2.54 bits per heavy atom. The summed E-state index contributed by atoms with van der Waals surface area (Å²) in [5.74, 6) is 2.68. The Kier molecular flexibility index (Phi) is 7.41. The summed E-state index contributed by atoms with van der Waals surface area (Å²) >= 11 is 3.89. The number of ether oxygens (including phenoxy) is 1. The fourth-order valence-corrected chi connectivity index (χ4v) is 8.90. The zero-order valence-electron chi connectivity index (χ0n) is 17.5. The van der Waals surface area contributed by atoms with E-state index in [2.05, 4.69) is 19.6 Å². The molecule has 0 bridgehead atoms. The first-order valence-corrected chi connectivity index (χ1v) is 12.6. The number of esters is 1. The number of thioether (sulfide) groups is 2. The fraction of sp³-hybridized carbons (Fsp3) is 0.739. The largest absolute Gasteiger partial charge is 0.456 e. The van der Waals surface area contributed by atoms with E-state index < -0.39 is 0 Å². The molecule has 3 nitrogen and oxygen atoms in total. The van der Waals surface area contributed by atoms with Crippen LogP contribution in [0.5, 0.6) is 0 Å².